The van der Waals surface area contributed by atoms with E-state index in [4.69, 9.17) is 9.47 Å². The highest BCUT2D eigenvalue weighted by molar-refractivity contribution is 5.64. The maximum atomic E-state index is 5.58. The van der Waals surface area contributed by atoms with E-state index in [2.05, 4.69) is 36.4 Å². The fourth-order valence-electron chi connectivity index (χ4n) is 2.68. The summed E-state index contributed by atoms with van der Waals surface area (Å²) in [6, 6.07) is 17.3. The maximum Gasteiger partial charge on any atom is 0.119 e. The van der Waals surface area contributed by atoms with E-state index in [0.717, 1.165) is 11.7 Å². The summed E-state index contributed by atoms with van der Waals surface area (Å²) in [4.78, 5) is 0. The average molecular weight is 282 g/mol. The topological polar surface area (TPSA) is 18.5 Å². The Hall–Kier alpha value is -1.80. The van der Waals surface area contributed by atoms with Gasteiger partial charge in [0.15, 0.2) is 0 Å². The predicted octanol–water partition coefficient (Wildman–Crippen LogP) is 4.65. The minimum Gasteiger partial charge on any atom is -0.491 e. The molecule has 110 valence electrons. The molecular formula is C19H22O2. The van der Waals surface area contributed by atoms with Crippen molar-refractivity contribution in [1.29, 1.82) is 0 Å². The molecule has 0 unspecified atom stereocenters. The van der Waals surface area contributed by atoms with Crippen LogP contribution in [0.25, 0.3) is 11.1 Å². The number of ether oxygens (including phenoxy) is 2. The molecule has 3 rings (SSSR count). The molecule has 1 aliphatic carbocycles. The second kappa shape index (κ2) is 6.77. The molecule has 1 fully saturated rings. The van der Waals surface area contributed by atoms with E-state index in [0.29, 0.717) is 13.2 Å². The van der Waals surface area contributed by atoms with Crippen molar-refractivity contribution >= 4 is 0 Å². The van der Waals surface area contributed by atoms with Gasteiger partial charge in [0, 0.05) is 7.11 Å². The zero-order valence-electron chi connectivity index (χ0n) is 12.5. The van der Waals surface area contributed by atoms with Crippen LogP contribution < -0.4 is 4.74 Å². The molecule has 0 heterocycles. The highest BCUT2D eigenvalue weighted by atomic mass is 16.5. The van der Waals surface area contributed by atoms with Crippen molar-refractivity contribution in [3.8, 4) is 16.9 Å². The summed E-state index contributed by atoms with van der Waals surface area (Å²) in [5, 5.41) is 0. The molecule has 0 N–H and O–H groups in total. The normalized spacial score (nSPS) is 14.7. The van der Waals surface area contributed by atoms with Crippen molar-refractivity contribution in [3.05, 3.63) is 54.1 Å². The summed E-state index contributed by atoms with van der Waals surface area (Å²) in [5.41, 5.74) is 3.99. The van der Waals surface area contributed by atoms with Crippen molar-refractivity contribution in [2.45, 2.75) is 25.2 Å². The molecule has 0 atom stereocenters. The Morgan fingerprint density at radius 1 is 0.857 bits per heavy atom. The lowest BCUT2D eigenvalue weighted by atomic mass is 9.80. The molecule has 0 aliphatic heterocycles. The lowest BCUT2D eigenvalue weighted by Crippen LogP contribution is -2.08. The third kappa shape index (κ3) is 3.45. The summed E-state index contributed by atoms with van der Waals surface area (Å²) in [7, 11) is 1.68. The molecule has 0 saturated heterocycles. The fraction of sp³-hybridized carbons (Fsp3) is 0.368. The third-order valence-corrected chi connectivity index (χ3v) is 4.23. The van der Waals surface area contributed by atoms with Gasteiger partial charge < -0.3 is 9.47 Å². The molecule has 0 bridgehead atoms. The Balaban J connectivity index is 1.65. The molecular weight excluding hydrogens is 260 g/mol. The van der Waals surface area contributed by atoms with Crippen LogP contribution in [0.3, 0.4) is 0 Å². The van der Waals surface area contributed by atoms with E-state index in [9.17, 15) is 0 Å². The van der Waals surface area contributed by atoms with Crippen LogP contribution in [0.4, 0.5) is 0 Å². The highest BCUT2D eigenvalue weighted by Gasteiger charge is 2.18. The lowest BCUT2D eigenvalue weighted by Gasteiger charge is -2.25. The number of hydrogen-bond donors (Lipinski definition) is 0. The van der Waals surface area contributed by atoms with Crippen LogP contribution in [0.15, 0.2) is 48.5 Å². The number of benzene rings is 2. The maximum absolute atomic E-state index is 5.58. The van der Waals surface area contributed by atoms with Crippen molar-refractivity contribution in [2.24, 2.45) is 0 Å². The summed E-state index contributed by atoms with van der Waals surface area (Å²) in [6.07, 6.45) is 4.09. The van der Waals surface area contributed by atoms with Crippen LogP contribution in [0.2, 0.25) is 0 Å². The van der Waals surface area contributed by atoms with E-state index in [1.807, 2.05) is 12.1 Å². The zero-order valence-corrected chi connectivity index (χ0v) is 12.5. The molecule has 2 aromatic carbocycles. The molecule has 1 aliphatic rings. The van der Waals surface area contributed by atoms with E-state index >= 15 is 0 Å². The predicted molar refractivity (Wildman–Crippen MR) is 85.8 cm³/mol. The minimum absolute atomic E-state index is 0.589. The first-order chi connectivity index (χ1) is 10.4. The Labute approximate surface area is 126 Å². The van der Waals surface area contributed by atoms with Crippen molar-refractivity contribution in [1.82, 2.24) is 0 Å². The van der Waals surface area contributed by atoms with E-state index in [1.165, 1.54) is 36.0 Å². The van der Waals surface area contributed by atoms with Crippen LogP contribution in [0.5, 0.6) is 5.75 Å². The Bertz CT molecular complexity index is 553. The first kappa shape index (κ1) is 14.2. The highest BCUT2D eigenvalue weighted by Crippen LogP contribution is 2.37. The molecule has 0 aromatic heterocycles. The van der Waals surface area contributed by atoms with Gasteiger partial charge in [0.25, 0.3) is 0 Å². The van der Waals surface area contributed by atoms with Gasteiger partial charge in [0.2, 0.25) is 0 Å². The van der Waals surface area contributed by atoms with Gasteiger partial charge in [0.05, 0.1) is 6.61 Å². The molecule has 1 saturated carbocycles. The molecule has 2 heteroatoms. The molecule has 21 heavy (non-hydrogen) atoms. The largest absolute Gasteiger partial charge is 0.491 e. The van der Waals surface area contributed by atoms with E-state index in [1.54, 1.807) is 7.11 Å². The Morgan fingerprint density at radius 2 is 1.48 bits per heavy atom. The zero-order chi connectivity index (χ0) is 14.5. The van der Waals surface area contributed by atoms with Crippen LogP contribution >= 0.6 is 0 Å². The van der Waals surface area contributed by atoms with Gasteiger partial charge in [-0.3, -0.25) is 0 Å². The van der Waals surface area contributed by atoms with Gasteiger partial charge in [-0.05, 0) is 47.6 Å². The van der Waals surface area contributed by atoms with Crippen molar-refractivity contribution < 1.29 is 9.47 Å². The first-order valence-corrected chi connectivity index (χ1v) is 7.69. The molecule has 0 spiro atoms. The second-order valence-corrected chi connectivity index (χ2v) is 5.62. The van der Waals surface area contributed by atoms with Crippen LogP contribution in [0, 0.1) is 0 Å². The summed E-state index contributed by atoms with van der Waals surface area (Å²) in [6.45, 7) is 1.20. The summed E-state index contributed by atoms with van der Waals surface area (Å²) in [5.74, 6) is 1.69. The molecule has 0 amide bonds. The molecule has 2 aromatic rings. The van der Waals surface area contributed by atoms with Gasteiger partial charge in [0.1, 0.15) is 12.4 Å². The minimum atomic E-state index is 0.589. The Morgan fingerprint density at radius 3 is 2.00 bits per heavy atom. The standard InChI is InChI=1S/C19H22O2/c1-20-13-14-21-19-11-9-18(10-12-19)17-7-5-16(6-8-17)15-3-2-4-15/h5-12,15H,2-4,13-14H2,1H3. The molecule has 2 nitrogen and oxygen atoms in total. The van der Waals surface area contributed by atoms with Crippen molar-refractivity contribution in [2.75, 3.05) is 20.3 Å². The number of methoxy groups -OCH3 is 1. The monoisotopic (exact) mass is 282 g/mol. The summed E-state index contributed by atoms with van der Waals surface area (Å²) >= 11 is 0. The van der Waals surface area contributed by atoms with Crippen LogP contribution in [0.1, 0.15) is 30.7 Å². The SMILES string of the molecule is COCCOc1ccc(-c2ccc(C3CCC3)cc2)cc1. The third-order valence-electron chi connectivity index (χ3n) is 4.23. The first-order valence-electron chi connectivity index (χ1n) is 7.69. The smallest absolute Gasteiger partial charge is 0.119 e. The quantitative estimate of drug-likeness (QED) is 0.718. The molecule has 0 radical (unpaired) electrons. The van der Waals surface area contributed by atoms with Gasteiger partial charge in [-0.2, -0.15) is 0 Å². The number of hydrogen-bond acceptors (Lipinski definition) is 2. The average Bonchev–Trinajstić information content (AvgIpc) is 2.47. The van der Waals surface area contributed by atoms with Gasteiger partial charge in [-0.15, -0.1) is 0 Å². The van der Waals surface area contributed by atoms with Crippen LogP contribution in [-0.4, -0.2) is 20.3 Å². The summed E-state index contributed by atoms with van der Waals surface area (Å²) < 4.78 is 10.6. The lowest BCUT2D eigenvalue weighted by molar-refractivity contribution is 0.146. The second-order valence-electron chi connectivity index (χ2n) is 5.62. The van der Waals surface area contributed by atoms with E-state index in [-0.39, 0.29) is 0 Å². The van der Waals surface area contributed by atoms with Crippen molar-refractivity contribution in [3.63, 3.8) is 0 Å². The fourth-order valence-corrected chi connectivity index (χ4v) is 2.68. The number of rotatable bonds is 6. The Kier molecular flexibility index (Phi) is 4.56. The van der Waals surface area contributed by atoms with Gasteiger partial charge in [-0.25, -0.2) is 0 Å². The van der Waals surface area contributed by atoms with Gasteiger partial charge in [-0.1, -0.05) is 42.8 Å². The van der Waals surface area contributed by atoms with Gasteiger partial charge >= 0.3 is 0 Å². The van der Waals surface area contributed by atoms with E-state index < -0.39 is 0 Å². The van der Waals surface area contributed by atoms with Crippen LogP contribution in [-0.2, 0) is 4.74 Å².